The molecule has 20 heavy (non-hydrogen) atoms. The highest BCUT2D eigenvalue weighted by molar-refractivity contribution is 5.91. The molecule has 8 heteroatoms. The van der Waals surface area contributed by atoms with E-state index in [1.54, 1.807) is 24.9 Å². The van der Waals surface area contributed by atoms with Crippen molar-refractivity contribution in [3.63, 3.8) is 0 Å². The molecule has 112 valence electrons. The fraction of sp³-hybridized carbons (Fsp3) is 0.750. The number of nitrogens with one attached hydrogen (secondary N) is 2. The number of ether oxygens (including phenoxy) is 1. The van der Waals surface area contributed by atoms with Gasteiger partial charge in [0.1, 0.15) is 0 Å². The van der Waals surface area contributed by atoms with Crippen LogP contribution in [0, 0.1) is 0 Å². The fourth-order valence-corrected chi connectivity index (χ4v) is 1.79. The fourth-order valence-electron chi connectivity index (χ4n) is 1.79. The van der Waals surface area contributed by atoms with Gasteiger partial charge in [0.25, 0.3) is 5.91 Å². The van der Waals surface area contributed by atoms with Crippen molar-refractivity contribution in [1.82, 2.24) is 25.6 Å². The number of methoxy groups -OCH3 is 1. The van der Waals surface area contributed by atoms with Crippen molar-refractivity contribution in [2.75, 3.05) is 33.4 Å². The number of hydrogen-bond donors (Lipinski definition) is 3. The van der Waals surface area contributed by atoms with Crippen LogP contribution in [0.5, 0.6) is 0 Å². The normalized spacial score (nSPS) is 18.4. The van der Waals surface area contributed by atoms with E-state index in [1.807, 2.05) is 0 Å². The van der Waals surface area contributed by atoms with Gasteiger partial charge in [-0.3, -0.25) is 4.79 Å². The van der Waals surface area contributed by atoms with Crippen LogP contribution in [-0.2, 0) is 4.74 Å². The summed E-state index contributed by atoms with van der Waals surface area (Å²) in [7, 11) is 1.57. The molecule has 1 aromatic heterocycles. The number of carbonyl (C=O) groups is 1. The molecular weight excluding hydrogens is 262 g/mol. The first kappa shape index (κ1) is 14.9. The summed E-state index contributed by atoms with van der Waals surface area (Å²) in [6.07, 6.45) is 2.08. The standard InChI is InChI=1S/C12H21N5O3/c1-12(19,3-4-20-2)8-14-11(18)10-7-17(16-15-10)9-5-13-6-9/h7,9,13,19H,3-6,8H2,1-2H3,(H,14,18). The number of aromatic nitrogens is 3. The maximum absolute atomic E-state index is 11.9. The Labute approximate surface area is 117 Å². The third-order valence-electron chi connectivity index (χ3n) is 3.35. The second kappa shape index (κ2) is 6.29. The Morgan fingerprint density at radius 1 is 1.70 bits per heavy atom. The molecule has 1 unspecified atom stereocenters. The monoisotopic (exact) mass is 283 g/mol. The molecule has 1 atom stereocenters. The van der Waals surface area contributed by atoms with Crippen molar-refractivity contribution >= 4 is 5.91 Å². The highest BCUT2D eigenvalue weighted by Crippen LogP contribution is 2.10. The van der Waals surface area contributed by atoms with Gasteiger partial charge in [-0.1, -0.05) is 5.21 Å². The Bertz CT molecular complexity index is 456. The van der Waals surface area contributed by atoms with Gasteiger partial charge in [0.05, 0.1) is 17.8 Å². The molecule has 2 rings (SSSR count). The third kappa shape index (κ3) is 3.75. The molecular formula is C12H21N5O3. The summed E-state index contributed by atoms with van der Waals surface area (Å²) in [6, 6.07) is 0.272. The molecule has 2 heterocycles. The van der Waals surface area contributed by atoms with Crippen LogP contribution in [0.3, 0.4) is 0 Å². The van der Waals surface area contributed by atoms with E-state index in [-0.39, 0.29) is 24.2 Å². The molecule has 1 aliphatic heterocycles. The van der Waals surface area contributed by atoms with E-state index in [9.17, 15) is 9.90 Å². The molecule has 0 radical (unpaired) electrons. The maximum Gasteiger partial charge on any atom is 0.273 e. The zero-order valence-electron chi connectivity index (χ0n) is 11.8. The van der Waals surface area contributed by atoms with Gasteiger partial charge in [-0.15, -0.1) is 5.10 Å². The quantitative estimate of drug-likeness (QED) is 0.589. The van der Waals surface area contributed by atoms with Gasteiger partial charge in [0, 0.05) is 39.8 Å². The molecule has 1 amide bonds. The molecule has 8 nitrogen and oxygen atoms in total. The van der Waals surface area contributed by atoms with Crippen molar-refractivity contribution in [2.45, 2.75) is 25.0 Å². The maximum atomic E-state index is 11.9. The summed E-state index contributed by atoms with van der Waals surface area (Å²) >= 11 is 0. The van der Waals surface area contributed by atoms with Crippen LogP contribution >= 0.6 is 0 Å². The number of rotatable bonds is 7. The number of aliphatic hydroxyl groups is 1. The molecule has 3 N–H and O–H groups in total. The SMILES string of the molecule is COCCC(C)(O)CNC(=O)c1cn(C2CNC2)nn1. The van der Waals surface area contributed by atoms with Crippen LogP contribution in [-0.4, -0.2) is 65.0 Å². The first-order chi connectivity index (χ1) is 9.52. The van der Waals surface area contributed by atoms with E-state index in [0.717, 1.165) is 13.1 Å². The zero-order valence-corrected chi connectivity index (χ0v) is 11.8. The summed E-state index contributed by atoms with van der Waals surface area (Å²) in [4.78, 5) is 11.9. The van der Waals surface area contributed by atoms with Crippen LogP contribution in [0.4, 0.5) is 0 Å². The van der Waals surface area contributed by atoms with E-state index in [1.165, 1.54) is 0 Å². The van der Waals surface area contributed by atoms with Crippen molar-refractivity contribution in [1.29, 1.82) is 0 Å². The minimum absolute atomic E-state index is 0.146. The third-order valence-corrected chi connectivity index (χ3v) is 3.35. The number of carbonyl (C=O) groups excluding carboxylic acids is 1. The predicted molar refractivity (Wildman–Crippen MR) is 71.4 cm³/mol. The Kier molecular flexibility index (Phi) is 4.69. The molecule has 1 aromatic rings. The minimum Gasteiger partial charge on any atom is -0.388 e. The Morgan fingerprint density at radius 3 is 3.05 bits per heavy atom. The summed E-state index contributed by atoms with van der Waals surface area (Å²) in [5, 5.41) is 23.6. The average Bonchev–Trinajstić information content (AvgIpc) is 2.81. The van der Waals surface area contributed by atoms with Crippen molar-refractivity contribution in [3.8, 4) is 0 Å². The largest absolute Gasteiger partial charge is 0.388 e. The average molecular weight is 283 g/mol. The molecule has 0 saturated carbocycles. The van der Waals surface area contributed by atoms with Gasteiger partial charge in [0.15, 0.2) is 5.69 Å². The molecule has 0 bridgehead atoms. The molecule has 1 saturated heterocycles. The van der Waals surface area contributed by atoms with Crippen molar-refractivity contribution in [3.05, 3.63) is 11.9 Å². The summed E-state index contributed by atoms with van der Waals surface area (Å²) in [6.45, 7) is 3.93. The van der Waals surface area contributed by atoms with Gasteiger partial charge in [-0.2, -0.15) is 0 Å². The lowest BCUT2D eigenvalue weighted by atomic mass is 10.0. The van der Waals surface area contributed by atoms with Gasteiger partial charge in [0.2, 0.25) is 0 Å². The Balaban J connectivity index is 1.83. The van der Waals surface area contributed by atoms with Crippen molar-refractivity contribution < 1.29 is 14.6 Å². The van der Waals surface area contributed by atoms with Crippen LogP contribution in [0.25, 0.3) is 0 Å². The Morgan fingerprint density at radius 2 is 2.45 bits per heavy atom. The van der Waals surface area contributed by atoms with Crippen LogP contribution in [0.1, 0.15) is 29.9 Å². The predicted octanol–water partition coefficient (Wildman–Crippen LogP) is -1.06. The minimum atomic E-state index is -1.00. The first-order valence-electron chi connectivity index (χ1n) is 6.64. The van der Waals surface area contributed by atoms with Gasteiger partial charge in [-0.25, -0.2) is 4.68 Å². The van der Waals surface area contributed by atoms with E-state index < -0.39 is 5.60 Å². The van der Waals surface area contributed by atoms with Crippen LogP contribution in [0.15, 0.2) is 6.20 Å². The molecule has 0 aliphatic carbocycles. The lowest BCUT2D eigenvalue weighted by Crippen LogP contribution is -2.43. The van der Waals surface area contributed by atoms with Crippen molar-refractivity contribution in [2.24, 2.45) is 0 Å². The van der Waals surface area contributed by atoms with E-state index >= 15 is 0 Å². The zero-order chi connectivity index (χ0) is 14.6. The number of amides is 1. The smallest absolute Gasteiger partial charge is 0.273 e. The second-order valence-corrected chi connectivity index (χ2v) is 5.32. The second-order valence-electron chi connectivity index (χ2n) is 5.32. The summed E-state index contributed by atoms with van der Waals surface area (Å²) in [5.74, 6) is -0.332. The first-order valence-corrected chi connectivity index (χ1v) is 6.64. The topological polar surface area (TPSA) is 101 Å². The van der Waals surface area contributed by atoms with E-state index in [0.29, 0.717) is 13.0 Å². The number of nitrogens with zero attached hydrogens (tertiary/aromatic N) is 3. The van der Waals surface area contributed by atoms with E-state index in [4.69, 9.17) is 4.74 Å². The van der Waals surface area contributed by atoms with Gasteiger partial charge in [-0.05, 0) is 6.92 Å². The summed E-state index contributed by atoms with van der Waals surface area (Å²) in [5.41, 5.74) is -0.737. The highest BCUT2D eigenvalue weighted by atomic mass is 16.5. The highest BCUT2D eigenvalue weighted by Gasteiger charge is 2.24. The van der Waals surface area contributed by atoms with Crippen LogP contribution < -0.4 is 10.6 Å². The molecule has 1 aliphatic rings. The molecule has 0 aromatic carbocycles. The number of hydrogen-bond acceptors (Lipinski definition) is 6. The summed E-state index contributed by atoms with van der Waals surface area (Å²) < 4.78 is 6.60. The Hall–Kier alpha value is -1.51. The molecule has 0 spiro atoms. The lowest BCUT2D eigenvalue weighted by Gasteiger charge is -2.26. The van der Waals surface area contributed by atoms with E-state index in [2.05, 4.69) is 20.9 Å². The van der Waals surface area contributed by atoms with Crippen LogP contribution in [0.2, 0.25) is 0 Å². The lowest BCUT2D eigenvalue weighted by molar-refractivity contribution is 0.0243. The van der Waals surface area contributed by atoms with Gasteiger partial charge >= 0.3 is 0 Å². The molecule has 1 fully saturated rings. The van der Waals surface area contributed by atoms with Gasteiger partial charge < -0.3 is 20.5 Å².